The minimum absolute atomic E-state index is 0.0973. The number of likely N-dealkylation sites (N-methyl/N-ethyl adjacent to an activating group) is 1. The molecule has 1 aromatic heterocycles. The average Bonchev–Trinajstić information content (AvgIpc) is 2.90. The lowest BCUT2D eigenvalue weighted by atomic mass is 9.99. The van der Waals surface area contributed by atoms with Gasteiger partial charge in [-0.1, -0.05) is 0 Å². The van der Waals surface area contributed by atoms with Crippen LogP contribution in [0.25, 0.3) is 0 Å². The van der Waals surface area contributed by atoms with Crippen molar-refractivity contribution in [2.45, 2.75) is 32.2 Å². The van der Waals surface area contributed by atoms with E-state index >= 15 is 0 Å². The molecule has 0 aromatic carbocycles. The van der Waals surface area contributed by atoms with E-state index in [1.807, 2.05) is 31.2 Å². The molecule has 1 saturated heterocycles. The van der Waals surface area contributed by atoms with Crippen molar-refractivity contribution in [3.05, 3.63) is 11.1 Å². The van der Waals surface area contributed by atoms with Crippen molar-refractivity contribution in [2.75, 3.05) is 32.1 Å². The van der Waals surface area contributed by atoms with Crippen molar-refractivity contribution >= 4 is 28.3 Å². The zero-order valence-electron chi connectivity index (χ0n) is 12.9. The number of anilines is 1. The zero-order chi connectivity index (χ0) is 15.6. The van der Waals surface area contributed by atoms with Gasteiger partial charge >= 0.3 is 5.97 Å². The summed E-state index contributed by atoms with van der Waals surface area (Å²) in [6.07, 6.45) is 0.885. The van der Waals surface area contributed by atoms with Crippen LogP contribution in [0.1, 0.15) is 26.0 Å². The maximum Gasteiger partial charge on any atom is 0.305 e. The van der Waals surface area contributed by atoms with Crippen LogP contribution in [0, 0.1) is 0 Å². The van der Waals surface area contributed by atoms with Crippen molar-refractivity contribution in [1.29, 1.82) is 0 Å². The van der Waals surface area contributed by atoms with E-state index in [4.69, 9.17) is 0 Å². The number of nitrogens with zero attached hydrogens (tertiary/aromatic N) is 3. The standard InChI is InChI=1S/C14H21N3O3S/c1-14(2)12(19)16(3)7-8-17(14)13-15-10(9-21-13)5-6-11(18)20-4/h9H,5-8H2,1-4H3. The Kier molecular flexibility index (Phi) is 4.51. The van der Waals surface area contributed by atoms with Crippen molar-refractivity contribution < 1.29 is 14.3 Å². The predicted molar refractivity (Wildman–Crippen MR) is 81.5 cm³/mol. The number of piperazine rings is 1. The maximum atomic E-state index is 12.3. The van der Waals surface area contributed by atoms with Gasteiger partial charge in [0.15, 0.2) is 5.13 Å². The van der Waals surface area contributed by atoms with E-state index in [1.54, 1.807) is 4.90 Å². The molecule has 1 aliphatic rings. The van der Waals surface area contributed by atoms with Crippen LogP contribution in [-0.2, 0) is 20.7 Å². The SMILES string of the molecule is COC(=O)CCc1csc(N2CCN(C)C(=O)C2(C)C)n1. The molecule has 0 spiro atoms. The van der Waals surface area contributed by atoms with Gasteiger partial charge < -0.3 is 14.5 Å². The third-order valence-electron chi connectivity index (χ3n) is 3.79. The number of carbonyl (C=O) groups is 2. The van der Waals surface area contributed by atoms with Crippen molar-refractivity contribution in [3.8, 4) is 0 Å². The molecule has 0 atom stereocenters. The topological polar surface area (TPSA) is 62.7 Å². The van der Waals surface area contributed by atoms with Crippen LogP contribution >= 0.6 is 11.3 Å². The van der Waals surface area contributed by atoms with Crippen molar-refractivity contribution in [3.63, 3.8) is 0 Å². The number of carbonyl (C=O) groups excluding carboxylic acids is 2. The predicted octanol–water partition coefficient (Wildman–Crippen LogP) is 1.31. The first-order valence-electron chi connectivity index (χ1n) is 6.90. The Balaban J connectivity index is 2.10. The Morgan fingerprint density at radius 3 is 2.86 bits per heavy atom. The van der Waals surface area contributed by atoms with Gasteiger partial charge in [0.05, 0.1) is 19.2 Å². The number of hydrogen-bond donors (Lipinski definition) is 0. The van der Waals surface area contributed by atoms with E-state index < -0.39 is 5.54 Å². The highest BCUT2D eigenvalue weighted by Gasteiger charge is 2.41. The molecule has 0 radical (unpaired) electrons. The van der Waals surface area contributed by atoms with Crippen LogP contribution in [0.15, 0.2) is 5.38 Å². The fourth-order valence-corrected chi connectivity index (χ4v) is 3.44. The number of rotatable bonds is 4. The van der Waals surface area contributed by atoms with Gasteiger partial charge in [0.25, 0.3) is 0 Å². The second-order valence-corrected chi connectivity index (χ2v) is 6.47. The molecule has 1 amide bonds. The molecule has 1 aliphatic heterocycles. The Labute approximate surface area is 128 Å². The summed E-state index contributed by atoms with van der Waals surface area (Å²) in [4.78, 5) is 31.8. The average molecular weight is 311 g/mol. The highest BCUT2D eigenvalue weighted by molar-refractivity contribution is 7.13. The van der Waals surface area contributed by atoms with E-state index in [-0.39, 0.29) is 11.9 Å². The Hall–Kier alpha value is -1.63. The quantitative estimate of drug-likeness (QED) is 0.785. The summed E-state index contributed by atoms with van der Waals surface area (Å²) in [5.74, 6) is -0.139. The van der Waals surface area contributed by atoms with Gasteiger partial charge in [-0.05, 0) is 13.8 Å². The Morgan fingerprint density at radius 2 is 2.19 bits per heavy atom. The molecule has 6 nitrogen and oxygen atoms in total. The number of aryl methyl sites for hydroxylation is 1. The molecular weight excluding hydrogens is 290 g/mol. The second-order valence-electron chi connectivity index (χ2n) is 5.63. The van der Waals surface area contributed by atoms with Crippen molar-refractivity contribution in [2.24, 2.45) is 0 Å². The summed E-state index contributed by atoms with van der Waals surface area (Å²) in [5, 5.41) is 2.78. The van der Waals surface area contributed by atoms with Gasteiger partial charge in [-0.15, -0.1) is 11.3 Å². The van der Waals surface area contributed by atoms with Gasteiger partial charge in [-0.2, -0.15) is 0 Å². The van der Waals surface area contributed by atoms with Gasteiger partial charge in [-0.3, -0.25) is 9.59 Å². The lowest BCUT2D eigenvalue weighted by Gasteiger charge is -2.44. The normalized spacial score (nSPS) is 18.0. The highest BCUT2D eigenvalue weighted by atomic mass is 32.1. The number of hydrogen-bond acceptors (Lipinski definition) is 6. The van der Waals surface area contributed by atoms with Crippen LogP contribution in [0.5, 0.6) is 0 Å². The monoisotopic (exact) mass is 311 g/mol. The van der Waals surface area contributed by atoms with Gasteiger partial charge in [-0.25, -0.2) is 4.98 Å². The minimum Gasteiger partial charge on any atom is -0.469 e. The molecule has 21 heavy (non-hydrogen) atoms. The molecule has 2 heterocycles. The van der Waals surface area contributed by atoms with E-state index in [9.17, 15) is 9.59 Å². The summed E-state index contributed by atoms with van der Waals surface area (Å²) >= 11 is 1.51. The number of esters is 1. The van der Waals surface area contributed by atoms with Gasteiger partial charge in [0.1, 0.15) is 5.54 Å². The number of amides is 1. The number of ether oxygens (including phenoxy) is 1. The molecule has 0 bridgehead atoms. The maximum absolute atomic E-state index is 12.3. The molecule has 1 aromatic rings. The molecule has 0 N–H and O–H groups in total. The first-order valence-corrected chi connectivity index (χ1v) is 7.78. The smallest absolute Gasteiger partial charge is 0.305 e. The van der Waals surface area contributed by atoms with Crippen molar-refractivity contribution in [1.82, 2.24) is 9.88 Å². The molecule has 0 aliphatic carbocycles. The third kappa shape index (κ3) is 3.18. The molecular formula is C14H21N3O3S. The fraction of sp³-hybridized carbons (Fsp3) is 0.643. The third-order valence-corrected chi connectivity index (χ3v) is 4.70. The number of methoxy groups -OCH3 is 1. The molecule has 7 heteroatoms. The zero-order valence-corrected chi connectivity index (χ0v) is 13.7. The van der Waals surface area contributed by atoms with Gasteiger partial charge in [0.2, 0.25) is 5.91 Å². The van der Waals surface area contributed by atoms with E-state index in [0.717, 1.165) is 17.4 Å². The first-order chi connectivity index (χ1) is 9.86. The van der Waals surface area contributed by atoms with Crippen LogP contribution in [-0.4, -0.2) is 54.5 Å². The van der Waals surface area contributed by atoms with E-state index in [0.29, 0.717) is 19.4 Å². The molecule has 2 rings (SSSR count). The summed E-state index contributed by atoms with van der Waals surface area (Å²) < 4.78 is 4.63. The summed E-state index contributed by atoms with van der Waals surface area (Å²) in [7, 11) is 3.21. The largest absolute Gasteiger partial charge is 0.469 e. The molecule has 116 valence electrons. The Morgan fingerprint density at radius 1 is 1.48 bits per heavy atom. The van der Waals surface area contributed by atoms with Crippen LogP contribution in [0.2, 0.25) is 0 Å². The van der Waals surface area contributed by atoms with Crippen LogP contribution in [0.3, 0.4) is 0 Å². The lowest BCUT2D eigenvalue weighted by molar-refractivity contribution is -0.140. The highest BCUT2D eigenvalue weighted by Crippen LogP contribution is 2.31. The molecule has 0 saturated carbocycles. The number of aromatic nitrogens is 1. The lowest BCUT2D eigenvalue weighted by Crippen LogP contribution is -2.62. The summed E-state index contributed by atoms with van der Waals surface area (Å²) in [5.41, 5.74) is 0.271. The molecule has 0 unspecified atom stereocenters. The minimum atomic E-state index is -0.593. The Bertz CT molecular complexity index is 541. The van der Waals surface area contributed by atoms with Gasteiger partial charge in [0, 0.05) is 31.9 Å². The van der Waals surface area contributed by atoms with Crippen LogP contribution < -0.4 is 4.90 Å². The summed E-state index contributed by atoms with van der Waals surface area (Å²) in [6, 6.07) is 0. The van der Waals surface area contributed by atoms with Crippen LogP contribution in [0.4, 0.5) is 5.13 Å². The molecule has 1 fully saturated rings. The van der Waals surface area contributed by atoms with E-state index in [1.165, 1.54) is 18.4 Å². The van der Waals surface area contributed by atoms with E-state index in [2.05, 4.69) is 9.72 Å². The number of thiazole rings is 1. The second kappa shape index (κ2) is 6.01. The fourth-order valence-electron chi connectivity index (χ4n) is 2.42. The first kappa shape index (κ1) is 15.8. The summed E-state index contributed by atoms with van der Waals surface area (Å²) in [6.45, 7) is 5.29.